The van der Waals surface area contributed by atoms with Gasteiger partial charge in [0.15, 0.2) is 0 Å². The van der Waals surface area contributed by atoms with E-state index in [-0.39, 0.29) is 0 Å². The Bertz CT molecular complexity index is 337. The highest BCUT2D eigenvalue weighted by molar-refractivity contribution is 5.51. The quantitative estimate of drug-likeness (QED) is 0.791. The molecule has 1 N–H and O–H groups in total. The van der Waals surface area contributed by atoms with Crippen molar-refractivity contribution in [3.05, 3.63) is 41.0 Å². The van der Waals surface area contributed by atoms with Gasteiger partial charge in [0.25, 0.3) is 0 Å². The van der Waals surface area contributed by atoms with Crippen molar-refractivity contribution in [1.29, 1.82) is 0 Å². The molecule has 0 radical (unpaired) electrons. The van der Waals surface area contributed by atoms with Gasteiger partial charge >= 0.3 is 0 Å². The van der Waals surface area contributed by atoms with Gasteiger partial charge in [-0.1, -0.05) is 44.2 Å². The molecule has 0 aromatic heterocycles. The molecule has 1 heteroatoms. The molecule has 0 aliphatic heterocycles. The summed E-state index contributed by atoms with van der Waals surface area (Å²) in [6, 6.07) is 7.11. The number of hydrogen-bond donors (Lipinski definition) is 1. The molecule has 0 aliphatic rings. The van der Waals surface area contributed by atoms with Gasteiger partial charge in [-0.25, -0.2) is 0 Å². The van der Waals surface area contributed by atoms with Crippen molar-refractivity contribution in [3.8, 4) is 0 Å². The molecule has 15 heavy (non-hydrogen) atoms. The Labute approximate surface area is 93.2 Å². The summed E-state index contributed by atoms with van der Waals surface area (Å²) in [6.07, 6.45) is 4.34. The van der Waals surface area contributed by atoms with Crippen molar-refractivity contribution in [2.24, 2.45) is 0 Å². The van der Waals surface area contributed by atoms with Crippen LogP contribution in [0.2, 0.25) is 0 Å². The lowest BCUT2D eigenvalue weighted by molar-refractivity contribution is 0.633. The summed E-state index contributed by atoms with van der Waals surface area (Å²) in [5, 5.41) is 3.35. The number of nitrogens with one attached hydrogen (secondary N) is 1. The first-order valence-corrected chi connectivity index (χ1v) is 5.57. The topological polar surface area (TPSA) is 12.0 Å². The average Bonchev–Trinajstić information content (AvgIpc) is 2.18. The summed E-state index contributed by atoms with van der Waals surface area (Å²) < 4.78 is 0. The van der Waals surface area contributed by atoms with E-state index in [1.807, 2.05) is 0 Å². The van der Waals surface area contributed by atoms with Crippen molar-refractivity contribution >= 4 is 6.08 Å². The predicted octanol–water partition coefficient (Wildman–Crippen LogP) is 3.31. The van der Waals surface area contributed by atoms with Crippen LogP contribution in [0, 0.1) is 13.8 Å². The normalized spacial score (nSPS) is 11.5. The van der Waals surface area contributed by atoms with E-state index in [0.29, 0.717) is 6.04 Å². The predicted molar refractivity (Wildman–Crippen MR) is 68.1 cm³/mol. The van der Waals surface area contributed by atoms with Gasteiger partial charge < -0.3 is 5.32 Å². The van der Waals surface area contributed by atoms with Crippen molar-refractivity contribution in [1.82, 2.24) is 5.32 Å². The minimum atomic E-state index is 0.550. The number of aryl methyl sites for hydroxylation is 2. The molecule has 1 nitrogen and oxygen atoms in total. The second kappa shape index (κ2) is 5.72. The number of hydrogen-bond acceptors (Lipinski definition) is 1. The first-order chi connectivity index (χ1) is 7.09. The molecule has 82 valence electrons. The molecule has 0 spiro atoms. The van der Waals surface area contributed by atoms with Gasteiger partial charge in [0.1, 0.15) is 0 Å². The Morgan fingerprint density at radius 3 is 2.53 bits per heavy atom. The lowest BCUT2D eigenvalue weighted by atomic mass is 10.1. The third-order valence-corrected chi connectivity index (χ3v) is 2.49. The molecule has 0 amide bonds. The Balaban J connectivity index is 2.53. The Morgan fingerprint density at radius 1 is 1.20 bits per heavy atom. The second-order valence-electron chi connectivity index (χ2n) is 4.31. The van der Waals surface area contributed by atoms with Crippen LogP contribution in [0.1, 0.15) is 30.5 Å². The second-order valence-corrected chi connectivity index (χ2v) is 4.31. The average molecular weight is 203 g/mol. The molecule has 0 saturated carbocycles. The molecule has 1 rings (SSSR count). The summed E-state index contributed by atoms with van der Waals surface area (Å²) in [5.74, 6) is 0. The van der Waals surface area contributed by atoms with E-state index in [0.717, 1.165) is 6.54 Å². The third-order valence-electron chi connectivity index (χ3n) is 2.49. The lowest BCUT2D eigenvalue weighted by Crippen LogP contribution is -2.22. The number of benzene rings is 1. The molecule has 0 heterocycles. The SMILES string of the molecule is Cc1ccc(C=CCNC(C)C)cc1C. The molecule has 1 aromatic rings. The van der Waals surface area contributed by atoms with E-state index in [1.165, 1.54) is 16.7 Å². The highest BCUT2D eigenvalue weighted by Crippen LogP contribution is 2.10. The van der Waals surface area contributed by atoms with E-state index in [1.54, 1.807) is 0 Å². The maximum Gasteiger partial charge on any atom is 0.0140 e. The molecular formula is C14H21N. The van der Waals surface area contributed by atoms with Crippen LogP contribution in [0.5, 0.6) is 0 Å². The van der Waals surface area contributed by atoms with E-state index < -0.39 is 0 Å². The summed E-state index contributed by atoms with van der Waals surface area (Å²) in [6.45, 7) is 9.54. The highest BCUT2D eigenvalue weighted by atomic mass is 14.9. The van der Waals surface area contributed by atoms with E-state index in [4.69, 9.17) is 0 Å². The van der Waals surface area contributed by atoms with Crippen LogP contribution in [-0.2, 0) is 0 Å². The first kappa shape index (κ1) is 12.0. The van der Waals surface area contributed by atoms with Crippen LogP contribution in [0.3, 0.4) is 0 Å². The molecule has 0 saturated heterocycles. The Hall–Kier alpha value is -1.08. The molecule has 0 atom stereocenters. The monoisotopic (exact) mass is 203 g/mol. The van der Waals surface area contributed by atoms with Gasteiger partial charge in [-0.2, -0.15) is 0 Å². The Morgan fingerprint density at radius 2 is 1.93 bits per heavy atom. The van der Waals surface area contributed by atoms with Gasteiger partial charge in [-0.3, -0.25) is 0 Å². The molecule has 1 aromatic carbocycles. The zero-order valence-corrected chi connectivity index (χ0v) is 10.2. The standard InChI is InChI=1S/C14H21N/c1-11(2)15-9-5-6-14-8-7-12(3)13(4)10-14/h5-8,10-11,15H,9H2,1-4H3. The van der Waals surface area contributed by atoms with Crippen LogP contribution in [0.15, 0.2) is 24.3 Å². The molecular weight excluding hydrogens is 182 g/mol. The van der Waals surface area contributed by atoms with Gasteiger partial charge in [-0.05, 0) is 30.5 Å². The van der Waals surface area contributed by atoms with E-state index in [9.17, 15) is 0 Å². The molecule has 0 aliphatic carbocycles. The fraction of sp³-hybridized carbons (Fsp3) is 0.429. The fourth-order valence-corrected chi connectivity index (χ4v) is 1.37. The maximum absolute atomic E-state index is 3.35. The first-order valence-electron chi connectivity index (χ1n) is 5.57. The summed E-state index contributed by atoms with van der Waals surface area (Å²) in [4.78, 5) is 0. The van der Waals surface area contributed by atoms with Crippen LogP contribution >= 0.6 is 0 Å². The van der Waals surface area contributed by atoms with E-state index in [2.05, 4.69) is 63.4 Å². The smallest absolute Gasteiger partial charge is 0.0140 e. The van der Waals surface area contributed by atoms with Crippen molar-refractivity contribution in [2.75, 3.05) is 6.54 Å². The van der Waals surface area contributed by atoms with Crippen LogP contribution in [0.25, 0.3) is 6.08 Å². The summed E-state index contributed by atoms with van der Waals surface area (Å²) in [7, 11) is 0. The van der Waals surface area contributed by atoms with Gasteiger partial charge in [0.2, 0.25) is 0 Å². The van der Waals surface area contributed by atoms with Crippen LogP contribution in [-0.4, -0.2) is 12.6 Å². The minimum Gasteiger partial charge on any atom is -0.311 e. The fourth-order valence-electron chi connectivity index (χ4n) is 1.37. The van der Waals surface area contributed by atoms with Gasteiger partial charge in [0, 0.05) is 12.6 Å². The van der Waals surface area contributed by atoms with Gasteiger partial charge in [0.05, 0.1) is 0 Å². The lowest BCUT2D eigenvalue weighted by Gasteiger charge is -2.04. The summed E-state index contributed by atoms with van der Waals surface area (Å²) >= 11 is 0. The highest BCUT2D eigenvalue weighted by Gasteiger charge is 1.92. The van der Waals surface area contributed by atoms with Crippen molar-refractivity contribution in [3.63, 3.8) is 0 Å². The Kier molecular flexibility index (Phi) is 4.57. The van der Waals surface area contributed by atoms with E-state index >= 15 is 0 Å². The minimum absolute atomic E-state index is 0.550. The maximum atomic E-state index is 3.35. The zero-order valence-electron chi connectivity index (χ0n) is 10.2. The van der Waals surface area contributed by atoms with Crippen LogP contribution in [0.4, 0.5) is 0 Å². The number of rotatable bonds is 4. The molecule has 0 unspecified atom stereocenters. The zero-order chi connectivity index (χ0) is 11.3. The van der Waals surface area contributed by atoms with Crippen molar-refractivity contribution < 1.29 is 0 Å². The third kappa shape index (κ3) is 4.30. The van der Waals surface area contributed by atoms with Crippen molar-refractivity contribution in [2.45, 2.75) is 33.7 Å². The molecule has 0 bridgehead atoms. The summed E-state index contributed by atoms with van der Waals surface area (Å²) in [5.41, 5.74) is 3.99. The van der Waals surface area contributed by atoms with Gasteiger partial charge in [-0.15, -0.1) is 0 Å². The largest absolute Gasteiger partial charge is 0.311 e. The molecule has 0 fully saturated rings. The van der Waals surface area contributed by atoms with Crippen LogP contribution < -0.4 is 5.32 Å².